The number of benzene rings is 2. The maximum absolute atomic E-state index is 10.6. The quantitative estimate of drug-likeness (QED) is 0.627. The zero-order valence-electron chi connectivity index (χ0n) is 11.3. The lowest BCUT2D eigenvalue weighted by Crippen LogP contribution is -2.14. The van der Waals surface area contributed by atoms with Crippen molar-refractivity contribution in [1.82, 2.24) is 0 Å². The van der Waals surface area contributed by atoms with Crippen LogP contribution in [0.15, 0.2) is 48.5 Å². The summed E-state index contributed by atoms with van der Waals surface area (Å²) >= 11 is 0. The number of non-ortho nitro benzene ring substituents is 1. The van der Waals surface area contributed by atoms with Gasteiger partial charge < -0.3 is 15.6 Å². The molecule has 0 unspecified atom stereocenters. The van der Waals surface area contributed by atoms with E-state index >= 15 is 0 Å². The van der Waals surface area contributed by atoms with Crippen molar-refractivity contribution in [2.24, 2.45) is 5.73 Å². The van der Waals surface area contributed by atoms with E-state index in [1.165, 1.54) is 12.1 Å². The van der Waals surface area contributed by atoms with Gasteiger partial charge >= 0.3 is 0 Å². The van der Waals surface area contributed by atoms with Gasteiger partial charge in [-0.3, -0.25) is 10.1 Å². The van der Waals surface area contributed by atoms with Gasteiger partial charge in [0.15, 0.2) is 0 Å². The number of ether oxygens (including phenoxy) is 1. The summed E-state index contributed by atoms with van der Waals surface area (Å²) in [7, 11) is 0. The van der Waals surface area contributed by atoms with Crippen LogP contribution in [0.2, 0.25) is 0 Å². The summed E-state index contributed by atoms with van der Waals surface area (Å²) in [6, 6.07) is 12.9. The number of nitrogens with zero attached hydrogens (tertiary/aromatic N) is 1. The van der Waals surface area contributed by atoms with Gasteiger partial charge in [0.2, 0.25) is 0 Å². The zero-order chi connectivity index (χ0) is 15.2. The number of aliphatic hydroxyl groups excluding tert-OH is 1. The average molecular weight is 288 g/mol. The molecule has 0 heterocycles. The second-order valence-corrected chi connectivity index (χ2v) is 4.57. The van der Waals surface area contributed by atoms with E-state index in [1.54, 1.807) is 30.3 Å². The third-order valence-corrected chi connectivity index (χ3v) is 3.04. The highest BCUT2D eigenvalue weighted by molar-refractivity contribution is 5.34. The smallest absolute Gasteiger partial charge is 0.269 e. The molecule has 2 aromatic carbocycles. The normalized spacial score (nSPS) is 11.9. The van der Waals surface area contributed by atoms with Crippen molar-refractivity contribution >= 4 is 5.69 Å². The van der Waals surface area contributed by atoms with Crippen LogP contribution in [0.1, 0.15) is 17.2 Å². The molecule has 0 saturated carbocycles. The Morgan fingerprint density at radius 1 is 1.24 bits per heavy atom. The predicted octanol–water partition coefficient (Wildman–Crippen LogP) is 2.17. The van der Waals surface area contributed by atoms with E-state index in [4.69, 9.17) is 15.6 Å². The molecular weight excluding hydrogens is 272 g/mol. The molecule has 0 aromatic heterocycles. The van der Waals surface area contributed by atoms with Crippen LogP contribution in [0.4, 0.5) is 5.69 Å². The first-order valence-electron chi connectivity index (χ1n) is 6.42. The van der Waals surface area contributed by atoms with Crippen LogP contribution in [0.5, 0.6) is 5.75 Å². The lowest BCUT2D eigenvalue weighted by Gasteiger charge is -2.11. The molecule has 0 amide bonds. The molecule has 6 heteroatoms. The SMILES string of the molecule is N[C@H](CO)c1cccc(OCc2ccc([N+](=O)[O-])cc2)c1. The largest absolute Gasteiger partial charge is 0.489 e. The molecule has 0 spiro atoms. The van der Waals surface area contributed by atoms with Gasteiger partial charge in [0, 0.05) is 12.1 Å². The van der Waals surface area contributed by atoms with E-state index in [0.29, 0.717) is 12.4 Å². The van der Waals surface area contributed by atoms with Crippen LogP contribution in [-0.4, -0.2) is 16.6 Å². The maximum Gasteiger partial charge on any atom is 0.269 e. The van der Waals surface area contributed by atoms with Gasteiger partial charge in [-0.05, 0) is 35.4 Å². The van der Waals surface area contributed by atoms with E-state index in [9.17, 15) is 10.1 Å². The summed E-state index contributed by atoms with van der Waals surface area (Å²) in [5.74, 6) is 0.634. The van der Waals surface area contributed by atoms with E-state index in [-0.39, 0.29) is 12.3 Å². The number of aliphatic hydroxyl groups is 1. The van der Waals surface area contributed by atoms with Crippen LogP contribution >= 0.6 is 0 Å². The topological polar surface area (TPSA) is 98.6 Å². The molecular formula is C15H16N2O4. The summed E-state index contributed by atoms with van der Waals surface area (Å²) in [5, 5.41) is 19.6. The Kier molecular flexibility index (Phi) is 4.86. The minimum Gasteiger partial charge on any atom is -0.489 e. The Morgan fingerprint density at radius 3 is 2.57 bits per heavy atom. The maximum atomic E-state index is 10.6. The van der Waals surface area contributed by atoms with Crippen LogP contribution in [0.25, 0.3) is 0 Å². The molecule has 2 rings (SSSR count). The second kappa shape index (κ2) is 6.83. The summed E-state index contributed by atoms with van der Waals surface area (Å²) in [4.78, 5) is 10.1. The summed E-state index contributed by atoms with van der Waals surface area (Å²) < 4.78 is 5.62. The van der Waals surface area contributed by atoms with Gasteiger partial charge in [-0.2, -0.15) is 0 Å². The Morgan fingerprint density at radius 2 is 1.95 bits per heavy atom. The number of hydrogen-bond acceptors (Lipinski definition) is 5. The Bertz CT molecular complexity index is 613. The molecule has 0 fully saturated rings. The third-order valence-electron chi connectivity index (χ3n) is 3.04. The Hall–Kier alpha value is -2.44. The van der Waals surface area contributed by atoms with Gasteiger partial charge in [-0.15, -0.1) is 0 Å². The molecule has 0 radical (unpaired) electrons. The number of nitro benzene ring substituents is 1. The molecule has 110 valence electrons. The van der Waals surface area contributed by atoms with Gasteiger partial charge in [-0.25, -0.2) is 0 Å². The first-order valence-corrected chi connectivity index (χ1v) is 6.42. The molecule has 0 aliphatic rings. The monoisotopic (exact) mass is 288 g/mol. The molecule has 0 aliphatic heterocycles. The molecule has 6 nitrogen and oxygen atoms in total. The Labute approximate surface area is 121 Å². The fourth-order valence-electron chi connectivity index (χ4n) is 1.82. The molecule has 0 aliphatic carbocycles. The van der Waals surface area contributed by atoms with Crippen molar-refractivity contribution in [3.8, 4) is 5.75 Å². The van der Waals surface area contributed by atoms with Crippen LogP contribution in [0, 0.1) is 10.1 Å². The number of hydrogen-bond donors (Lipinski definition) is 2. The van der Waals surface area contributed by atoms with Gasteiger partial charge in [-0.1, -0.05) is 12.1 Å². The molecule has 21 heavy (non-hydrogen) atoms. The van der Waals surface area contributed by atoms with Crippen molar-refractivity contribution in [2.45, 2.75) is 12.6 Å². The highest BCUT2D eigenvalue weighted by Crippen LogP contribution is 2.19. The van der Waals surface area contributed by atoms with Crippen molar-refractivity contribution in [1.29, 1.82) is 0 Å². The van der Waals surface area contributed by atoms with Crippen LogP contribution in [0.3, 0.4) is 0 Å². The van der Waals surface area contributed by atoms with Crippen molar-refractivity contribution in [3.63, 3.8) is 0 Å². The molecule has 3 N–H and O–H groups in total. The highest BCUT2D eigenvalue weighted by atomic mass is 16.6. The van der Waals surface area contributed by atoms with Crippen molar-refractivity contribution in [3.05, 3.63) is 69.8 Å². The van der Waals surface area contributed by atoms with Crippen LogP contribution in [-0.2, 0) is 6.61 Å². The number of nitro groups is 1. The van der Waals surface area contributed by atoms with E-state index < -0.39 is 11.0 Å². The standard InChI is InChI=1S/C15H16N2O4/c16-15(9-18)12-2-1-3-14(8-12)21-10-11-4-6-13(7-5-11)17(19)20/h1-8,15,18H,9-10,16H2/t15-/m1/s1. The predicted molar refractivity (Wildman–Crippen MR) is 77.9 cm³/mol. The summed E-state index contributed by atoms with van der Waals surface area (Å²) in [5.41, 5.74) is 7.42. The lowest BCUT2D eigenvalue weighted by molar-refractivity contribution is -0.384. The highest BCUT2D eigenvalue weighted by Gasteiger charge is 2.06. The summed E-state index contributed by atoms with van der Waals surface area (Å²) in [6.45, 7) is 0.168. The molecule has 0 saturated heterocycles. The van der Waals surface area contributed by atoms with Crippen molar-refractivity contribution in [2.75, 3.05) is 6.61 Å². The van der Waals surface area contributed by atoms with Gasteiger partial charge in [0.1, 0.15) is 12.4 Å². The van der Waals surface area contributed by atoms with Crippen LogP contribution < -0.4 is 10.5 Å². The summed E-state index contributed by atoms with van der Waals surface area (Å²) in [6.07, 6.45) is 0. The molecule has 2 aromatic rings. The fourth-order valence-corrected chi connectivity index (χ4v) is 1.82. The minimum absolute atomic E-state index is 0.0506. The third kappa shape index (κ3) is 4.01. The molecule has 1 atom stereocenters. The second-order valence-electron chi connectivity index (χ2n) is 4.57. The van der Waals surface area contributed by atoms with E-state index in [1.807, 2.05) is 6.07 Å². The Balaban J connectivity index is 2.01. The lowest BCUT2D eigenvalue weighted by atomic mass is 10.1. The first kappa shape index (κ1) is 15.0. The fraction of sp³-hybridized carbons (Fsp3) is 0.200. The zero-order valence-corrected chi connectivity index (χ0v) is 11.3. The number of nitrogens with two attached hydrogens (primary N) is 1. The minimum atomic E-state index is -0.440. The van der Waals surface area contributed by atoms with E-state index in [2.05, 4.69) is 0 Å². The average Bonchev–Trinajstić information content (AvgIpc) is 2.52. The van der Waals surface area contributed by atoms with Gasteiger partial charge in [0.05, 0.1) is 17.6 Å². The molecule has 0 bridgehead atoms. The van der Waals surface area contributed by atoms with Gasteiger partial charge in [0.25, 0.3) is 5.69 Å². The number of rotatable bonds is 6. The van der Waals surface area contributed by atoms with Crippen molar-refractivity contribution < 1.29 is 14.8 Å². The first-order chi connectivity index (χ1) is 10.1. The van der Waals surface area contributed by atoms with E-state index in [0.717, 1.165) is 11.1 Å².